The van der Waals surface area contributed by atoms with Crippen molar-refractivity contribution >= 4 is 11.6 Å². The second-order valence-corrected chi connectivity index (χ2v) is 5.76. The van der Waals surface area contributed by atoms with Gasteiger partial charge in [-0.1, -0.05) is 24.3 Å². The number of amides is 1. The standard InChI is InChI=1S/C19H22N2O3/c22-19(14-20-13-18-10-5-11-23-18)21-15-6-4-9-17(12-15)24-16-7-2-1-3-8-16/h1-4,6-9,12,18,20H,5,10-11,13-14H2,(H,21,22). The lowest BCUT2D eigenvalue weighted by Gasteiger charge is -2.11. The number of ether oxygens (including phenoxy) is 2. The van der Waals surface area contributed by atoms with Crippen LogP contribution in [0.5, 0.6) is 11.5 Å². The molecule has 5 heteroatoms. The molecule has 5 nitrogen and oxygen atoms in total. The van der Waals surface area contributed by atoms with Gasteiger partial charge in [0.15, 0.2) is 0 Å². The third-order valence-corrected chi connectivity index (χ3v) is 3.78. The second kappa shape index (κ2) is 8.47. The first-order valence-corrected chi connectivity index (χ1v) is 8.25. The molecule has 0 saturated carbocycles. The van der Waals surface area contributed by atoms with Gasteiger partial charge in [0.1, 0.15) is 11.5 Å². The molecule has 1 unspecified atom stereocenters. The molecule has 0 aromatic heterocycles. The van der Waals surface area contributed by atoms with Crippen molar-refractivity contribution in [3.8, 4) is 11.5 Å². The molecule has 0 radical (unpaired) electrons. The zero-order valence-electron chi connectivity index (χ0n) is 13.5. The fourth-order valence-electron chi connectivity index (χ4n) is 2.62. The van der Waals surface area contributed by atoms with E-state index >= 15 is 0 Å². The second-order valence-electron chi connectivity index (χ2n) is 5.76. The lowest BCUT2D eigenvalue weighted by atomic mass is 10.2. The fraction of sp³-hybridized carbons (Fsp3) is 0.316. The van der Waals surface area contributed by atoms with Crippen molar-refractivity contribution in [3.63, 3.8) is 0 Å². The maximum Gasteiger partial charge on any atom is 0.238 e. The first-order chi connectivity index (χ1) is 11.8. The minimum absolute atomic E-state index is 0.0788. The molecule has 3 rings (SSSR count). The van der Waals surface area contributed by atoms with Crippen LogP contribution in [0, 0.1) is 0 Å². The lowest BCUT2D eigenvalue weighted by molar-refractivity contribution is -0.115. The van der Waals surface area contributed by atoms with Gasteiger partial charge in [0, 0.05) is 24.9 Å². The molecule has 0 bridgehead atoms. The van der Waals surface area contributed by atoms with Crippen LogP contribution in [0.1, 0.15) is 12.8 Å². The number of anilines is 1. The molecule has 2 N–H and O–H groups in total. The number of rotatable bonds is 7. The van der Waals surface area contributed by atoms with E-state index in [1.807, 2.05) is 54.6 Å². The highest BCUT2D eigenvalue weighted by Crippen LogP contribution is 2.23. The number of carbonyl (C=O) groups is 1. The van der Waals surface area contributed by atoms with E-state index in [-0.39, 0.29) is 18.6 Å². The monoisotopic (exact) mass is 326 g/mol. The average Bonchev–Trinajstić information content (AvgIpc) is 3.09. The molecule has 0 spiro atoms. The number of benzene rings is 2. The number of nitrogens with one attached hydrogen (secondary N) is 2. The van der Waals surface area contributed by atoms with E-state index in [1.165, 1.54) is 0 Å². The van der Waals surface area contributed by atoms with Crippen molar-refractivity contribution in [1.82, 2.24) is 5.32 Å². The highest BCUT2D eigenvalue weighted by Gasteiger charge is 2.15. The molecule has 1 saturated heterocycles. The third-order valence-electron chi connectivity index (χ3n) is 3.78. The van der Waals surface area contributed by atoms with Crippen molar-refractivity contribution in [1.29, 1.82) is 0 Å². The Kier molecular flexibility index (Phi) is 5.82. The largest absolute Gasteiger partial charge is 0.457 e. The van der Waals surface area contributed by atoms with E-state index < -0.39 is 0 Å². The van der Waals surface area contributed by atoms with Crippen LogP contribution < -0.4 is 15.4 Å². The molecule has 1 heterocycles. The minimum atomic E-state index is -0.0788. The van der Waals surface area contributed by atoms with E-state index in [1.54, 1.807) is 0 Å². The van der Waals surface area contributed by atoms with Crippen LogP contribution in [-0.4, -0.2) is 31.7 Å². The predicted octanol–water partition coefficient (Wildman–Crippen LogP) is 3.19. The maximum atomic E-state index is 12.0. The molecule has 126 valence electrons. The van der Waals surface area contributed by atoms with Crippen LogP contribution in [-0.2, 0) is 9.53 Å². The van der Waals surface area contributed by atoms with Crippen LogP contribution in [0.3, 0.4) is 0 Å². The molecule has 0 aliphatic carbocycles. The van der Waals surface area contributed by atoms with Crippen molar-refractivity contribution < 1.29 is 14.3 Å². The Balaban J connectivity index is 1.47. The summed E-state index contributed by atoms with van der Waals surface area (Å²) in [6.45, 7) is 1.81. The summed E-state index contributed by atoms with van der Waals surface area (Å²) in [5.41, 5.74) is 0.715. The zero-order valence-corrected chi connectivity index (χ0v) is 13.5. The summed E-state index contributed by atoms with van der Waals surface area (Å²) < 4.78 is 11.3. The summed E-state index contributed by atoms with van der Waals surface area (Å²) in [7, 11) is 0. The average molecular weight is 326 g/mol. The summed E-state index contributed by atoms with van der Waals surface area (Å²) in [5, 5.41) is 6.00. The smallest absolute Gasteiger partial charge is 0.238 e. The molecule has 1 amide bonds. The minimum Gasteiger partial charge on any atom is -0.457 e. The quantitative estimate of drug-likeness (QED) is 0.820. The van der Waals surface area contributed by atoms with Crippen LogP contribution >= 0.6 is 0 Å². The molecule has 2 aromatic rings. The van der Waals surface area contributed by atoms with Crippen molar-refractivity contribution in [3.05, 3.63) is 54.6 Å². The molecule has 2 aromatic carbocycles. The van der Waals surface area contributed by atoms with E-state index in [0.717, 1.165) is 25.2 Å². The van der Waals surface area contributed by atoms with Gasteiger partial charge in [-0.05, 0) is 37.1 Å². The Morgan fingerprint density at radius 1 is 1.12 bits per heavy atom. The Morgan fingerprint density at radius 3 is 2.75 bits per heavy atom. The van der Waals surface area contributed by atoms with Gasteiger partial charge in [-0.3, -0.25) is 4.79 Å². The Bertz CT molecular complexity index is 655. The van der Waals surface area contributed by atoms with Crippen LogP contribution in [0.25, 0.3) is 0 Å². The van der Waals surface area contributed by atoms with Gasteiger partial charge >= 0.3 is 0 Å². The molecular formula is C19H22N2O3. The van der Waals surface area contributed by atoms with Crippen LogP contribution in [0.4, 0.5) is 5.69 Å². The summed E-state index contributed by atoms with van der Waals surface area (Å²) in [5.74, 6) is 1.37. The molecule has 1 aliphatic rings. The predicted molar refractivity (Wildman–Crippen MR) is 93.4 cm³/mol. The SMILES string of the molecule is O=C(CNCC1CCCO1)Nc1cccc(Oc2ccccc2)c1. The summed E-state index contributed by atoms with van der Waals surface area (Å²) in [6.07, 6.45) is 2.40. The summed E-state index contributed by atoms with van der Waals surface area (Å²) >= 11 is 0. The Labute approximate surface area is 142 Å². The van der Waals surface area contributed by atoms with Gasteiger partial charge < -0.3 is 20.1 Å². The molecule has 1 atom stereocenters. The van der Waals surface area contributed by atoms with Gasteiger partial charge in [-0.25, -0.2) is 0 Å². The van der Waals surface area contributed by atoms with Gasteiger partial charge in [-0.2, -0.15) is 0 Å². The summed E-state index contributed by atoms with van der Waals surface area (Å²) in [6, 6.07) is 16.9. The molecule has 1 aliphatic heterocycles. The third kappa shape index (κ3) is 5.08. The van der Waals surface area contributed by atoms with Gasteiger partial charge in [0.2, 0.25) is 5.91 Å². The highest BCUT2D eigenvalue weighted by molar-refractivity contribution is 5.92. The number of hydrogen-bond acceptors (Lipinski definition) is 4. The van der Waals surface area contributed by atoms with Gasteiger partial charge in [-0.15, -0.1) is 0 Å². The van der Waals surface area contributed by atoms with E-state index in [2.05, 4.69) is 10.6 Å². The molecular weight excluding hydrogens is 304 g/mol. The van der Waals surface area contributed by atoms with Crippen molar-refractivity contribution in [2.24, 2.45) is 0 Å². The molecule has 24 heavy (non-hydrogen) atoms. The number of carbonyl (C=O) groups excluding carboxylic acids is 1. The van der Waals surface area contributed by atoms with Crippen LogP contribution in [0.2, 0.25) is 0 Å². The van der Waals surface area contributed by atoms with E-state index in [4.69, 9.17) is 9.47 Å². The topological polar surface area (TPSA) is 59.6 Å². The van der Waals surface area contributed by atoms with Gasteiger partial charge in [0.25, 0.3) is 0 Å². The highest BCUT2D eigenvalue weighted by atomic mass is 16.5. The van der Waals surface area contributed by atoms with Gasteiger partial charge in [0.05, 0.1) is 12.6 Å². The first-order valence-electron chi connectivity index (χ1n) is 8.25. The van der Waals surface area contributed by atoms with E-state index in [0.29, 0.717) is 18.0 Å². The number of hydrogen-bond donors (Lipinski definition) is 2. The van der Waals surface area contributed by atoms with Crippen molar-refractivity contribution in [2.45, 2.75) is 18.9 Å². The zero-order chi connectivity index (χ0) is 16.6. The Hall–Kier alpha value is -2.37. The number of para-hydroxylation sites is 1. The van der Waals surface area contributed by atoms with Crippen LogP contribution in [0.15, 0.2) is 54.6 Å². The lowest BCUT2D eigenvalue weighted by Crippen LogP contribution is -2.33. The summed E-state index contributed by atoms with van der Waals surface area (Å²) in [4.78, 5) is 12.0. The van der Waals surface area contributed by atoms with E-state index in [9.17, 15) is 4.79 Å². The first kappa shape index (κ1) is 16.5. The maximum absolute atomic E-state index is 12.0. The Morgan fingerprint density at radius 2 is 1.96 bits per heavy atom. The molecule has 1 fully saturated rings. The van der Waals surface area contributed by atoms with Crippen molar-refractivity contribution in [2.75, 3.05) is 25.0 Å². The normalized spacial score (nSPS) is 16.8. The fourth-order valence-corrected chi connectivity index (χ4v) is 2.62.